The zero-order valence-electron chi connectivity index (χ0n) is 13.4. The first-order chi connectivity index (χ1) is 12.4. The Morgan fingerprint density at radius 3 is 2.38 bits per heavy atom. The van der Waals surface area contributed by atoms with Crippen molar-refractivity contribution in [2.24, 2.45) is 7.05 Å². The van der Waals surface area contributed by atoms with Crippen molar-refractivity contribution in [1.82, 2.24) is 19.7 Å². The van der Waals surface area contributed by atoms with Crippen LogP contribution < -0.4 is 10.0 Å². The standard InChI is InChI=1S/C15H13ClN6O3S/c1-22-13(12(16)9-19-22)14(23)20-10-3-5-11(6-4-10)26(24,25)21-15-17-7-2-8-18-15/h2-9H,1H3,(H,20,23)(H,17,18,21). The van der Waals surface area contributed by atoms with Crippen molar-refractivity contribution in [2.75, 3.05) is 10.0 Å². The number of hydrogen-bond acceptors (Lipinski definition) is 6. The third-order valence-electron chi connectivity index (χ3n) is 3.32. The molecule has 2 heterocycles. The lowest BCUT2D eigenvalue weighted by Crippen LogP contribution is -2.17. The minimum absolute atomic E-state index is 0.00141. The van der Waals surface area contributed by atoms with Crippen LogP contribution in [0, 0.1) is 0 Å². The summed E-state index contributed by atoms with van der Waals surface area (Å²) in [5.74, 6) is -0.489. The maximum Gasteiger partial charge on any atom is 0.275 e. The normalized spacial score (nSPS) is 11.2. The van der Waals surface area contributed by atoms with Gasteiger partial charge in [0.1, 0.15) is 5.69 Å². The van der Waals surface area contributed by atoms with Gasteiger partial charge in [-0.05, 0) is 30.3 Å². The fourth-order valence-electron chi connectivity index (χ4n) is 2.10. The number of nitrogens with one attached hydrogen (secondary N) is 2. The number of nitrogens with zero attached hydrogens (tertiary/aromatic N) is 4. The summed E-state index contributed by atoms with van der Waals surface area (Å²) in [5, 5.41) is 6.74. The van der Waals surface area contributed by atoms with E-state index in [0.29, 0.717) is 5.69 Å². The molecule has 0 aliphatic rings. The molecule has 0 saturated carbocycles. The summed E-state index contributed by atoms with van der Waals surface area (Å²) in [6.45, 7) is 0. The molecule has 1 aromatic carbocycles. The number of rotatable bonds is 5. The van der Waals surface area contributed by atoms with E-state index in [2.05, 4.69) is 25.1 Å². The fraction of sp³-hybridized carbons (Fsp3) is 0.0667. The van der Waals surface area contributed by atoms with E-state index in [1.54, 1.807) is 13.1 Å². The number of aryl methyl sites for hydroxylation is 1. The zero-order chi connectivity index (χ0) is 18.7. The highest BCUT2D eigenvalue weighted by Crippen LogP contribution is 2.19. The Balaban J connectivity index is 1.75. The van der Waals surface area contributed by atoms with Gasteiger partial charge in [0.05, 0.1) is 16.1 Å². The molecular weight excluding hydrogens is 380 g/mol. The van der Waals surface area contributed by atoms with Crippen LogP contribution in [-0.2, 0) is 17.1 Å². The maximum absolute atomic E-state index is 12.3. The van der Waals surface area contributed by atoms with Crippen LogP contribution in [0.1, 0.15) is 10.5 Å². The molecular formula is C15H13ClN6O3S. The molecule has 0 atom stereocenters. The van der Waals surface area contributed by atoms with Crippen molar-refractivity contribution in [3.63, 3.8) is 0 Å². The van der Waals surface area contributed by atoms with Crippen LogP contribution in [-0.4, -0.2) is 34.1 Å². The van der Waals surface area contributed by atoms with Gasteiger partial charge < -0.3 is 5.32 Å². The van der Waals surface area contributed by atoms with E-state index < -0.39 is 15.9 Å². The monoisotopic (exact) mass is 392 g/mol. The number of amides is 1. The Bertz CT molecular complexity index is 1020. The van der Waals surface area contributed by atoms with Crippen molar-refractivity contribution in [3.8, 4) is 0 Å². The molecule has 0 fully saturated rings. The Kier molecular flexibility index (Phi) is 4.87. The van der Waals surface area contributed by atoms with Gasteiger partial charge in [-0.15, -0.1) is 0 Å². The molecule has 134 valence electrons. The lowest BCUT2D eigenvalue weighted by Gasteiger charge is -2.09. The molecule has 9 nitrogen and oxygen atoms in total. The minimum Gasteiger partial charge on any atom is -0.321 e. The van der Waals surface area contributed by atoms with E-state index >= 15 is 0 Å². The molecule has 0 spiro atoms. The predicted octanol–water partition coefficient (Wildman–Crippen LogP) is 1.92. The first kappa shape index (κ1) is 17.8. The number of carbonyl (C=O) groups is 1. The van der Waals surface area contributed by atoms with E-state index in [9.17, 15) is 13.2 Å². The van der Waals surface area contributed by atoms with Crippen LogP contribution in [0.2, 0.25) is 5.02 Å². The molecule has 2 N–H and O–H groups in total. The SMILES string of the molecule is Cn1ncc(Cl)c1C(=O)Nc1ccc(S(=O)(=O)Nc2ncccn2)cc1. The van der Waals surface area contributed by atoms with Gasteiger partial charge in [-0.1, -0.05) is 11.6 Å². The number of carbonyl (C=O) groups excluding carboxylic acids is 1. The van der Waals surface area contributed by atoms with Crippen molar-refractivity contribution >= 4 is 39.2 Å². The first-order valence-electron chi connectivity index (χ1n) is 7.25. The number of hydrogen-bond donors (Lipinski definition) is 2. The average molecular weight is 393 g/mol. The highest BCUT2D eigenvalue weighted by molar-refractivity contribution is 7.92. The van der Waals surface area contributed by atoms with Crippen LogP contribution in [0.25, 0.3) is 0 Å². The molecule has 0 radical (unpaired) electrons. The highest BCUT2D eigenvalue weighted by atomic mass is 35.5. The summed E-state index contributed by atoms with van der Waals surface area (Å²) in [6, 6.07) is 7.20. The van der Waals surface area contributed by atoms with Crippen LogP contribution in [0.5, 0.6) is 0 Å². The molecule has 26 heavy (non-hydrogen) atoms. The van der Waals surface area contributed by atoms with Gasteiger partial charge in [0, 0.05) is 25.1 Å². The van der Waals surface area contributed by atoms with Crippen LogP contribution in [0.15, 0.2) is 53.8 Å². The maximum atomic E-state index is 12.3. The zero-order valence-corrected chi connectivity index (χ0v) is 15.0. The Labute approximate surface area is 154 Å². The Morgan fingerprint density at radius 1 is 1.15 bits per heavy atom. The van der Waals surface area contributed by atoms with Crippen molar-refractivity contribution in [1.29, 1.82) is 0 Å². The lowest BCUT2D eigenvalue weighted by molar-refractivity contribution is 0.101. The first-order valence-corrected chi connectivity index (χ1v) is 9.12. The van der Waals surface area contributed by atoms with Gasteiger partial charge in [0.15, 0.2) is 0 Å². The summed E-state index contributed by atoms with van der Waals surface area (Å²) in [6.07, 6.45) is 4.21. The molecule has 3 aromatic rings. The molecule has 1 amide bonds. The number of aromatic nitrogens is 4. The summed E-state index contributed by atoms with van der Waals surface area (Å²) in [5.41, 5.74) is 0.605. The molecule has 11 heteroatoms. The van der Waals surface area contributed by atoms with Gasteiger partial charge in [0.25, 0.3) is 15.9 Å². The fourth-order valence-corrected chi connectivity index (χ4v) is 3.31. The van der Waals surface area contributed by atoms with Gasteiger partial charge in [0.2, 0.25) is 5.95 Å². The summed E-state index contributed by atoms with van der Waals surface area (Å²) in [7, 11) is -2.25. The van der Waals surface area contributed by atoms with Crippen LogP contribution in [0.3, 0.4) is 0 Å². The van der Waals surface area contributed by atoms with Gasteiger partial charge in [-0.3, -0.25) is 9.48 Å². The lowest BCUT2D eigenvalue weighted by atomic mass is 10.3. The minimum atomic E-state index is -3.84. The number of sulfonamides is 1. The number of benzene rings is 1. The second-order valence-electron chi connectivity index (χ2n) is 5.12. The second kappa shape index (κ2) is 7.10. The highest BCUT2D eigenvalue weighted by Gasteiger charge is 2.18. The van der Waals surface area contributed by atoms with Gasteiger partial charge in [-0.25, -0.2) is 23.1 Å². The van der Waals surface area contributed by atoms with E-state index in [1.807, 2.05) is 0 Å². The van der Waals surface area contributed by atoms with Crippen molar-refractivity contribution < 1.29 is 13.2 Å². The van der Waals surface area contributed by atoms with Crippen molar-refractivity contribution in [2.45, 2.75) is 4.90 Å². The average Bonchev–Trinajstić information content (AvgIpc) is 2.94. The molecule has 0 unspecified atom stereocenters. The third kappa shape index (κ3) is 3.81. The van der Waals surface area contributed by atoms with Gasteiger partial charge >= 0.3 is 0 Å². The quantitative estimate of drug-likeness (QED) is 0.684. The topological polar surface area (TPSA) is 119 Å². The molecule has 3 rings (SSSR count). The molecule has 0 aliphatic carbocycles. The molecule has 0 bridgehead atoms. The molecule has 0 saturated heterocycles. The van der Waals surface area contributed by atoms with E-state index in [0.717, 1.165) is 0 Å². The van der Waals surface area contributed by atoms with Crippen molar-refractivity contribution in [3.05, 3.63) is 59.6 Å². The van der Waals surface area contributed by atoms with Gasteiger partial charge in [-0.2, -0.15) is 5.10 Å². The molecule has 2 aromatic heterocycles. The predicted molar refractivity (Wildman–Crippen MR) is 95.5 cm³/mol. The largest absolute Gasteiger partial charge is 0.321 e. The Hall–Kier alpha value is -2.98. The van der Waals surface area contributed by atoms with Crippen LogP contribution >= 0.6 is 11.6 Å². The van der Waals surface area contributed by atoms with E-state index in [4.69, 9.17) is 11.6 Å². The van der Waals surface area contributed by atoms with Crippen LogP contribution in [0.4, 0.5) is 11.6 Å². The molecule has 0 aliphatic heterocycles. The summed E-state index contributed by atoms with van der Waals surface area (Å²) < 4.78 is 28.2. The van der Waals surface area contributed by atoms with E-state index in [-0.39, 0.29) is 21.6 Å². The Morgan fingerprint density at radius 2 is 1.81 bits per heavy atom. The van der Waals surface area contributed by atoms with E-state index in [1.165, 1.54) is 47.5 Å². The number of anilines is 2. The summed E-state index contributed by atoms with van der Waals surface area (Å²) >= 11 is 5.92. The third-order valence-corrected chi connectivity index (χ3v) is 4.94. The smallest absolute Gasteiger partial charge is 0.275 e. The second-order valence-corrected chi connectivity index (χ2v) is 7.21. The number of halogens is 1. The summed E-state index contributed by atoms with van der Waals surface area (Å²) in [4.78, 5) is 19.9.